The first-order chi connectivity index (χ1) is 29.7. The SMILES string of the molecule is O=C1COc2ccc(cc2)C[C@@H](C(=O)O)NC(=O)[C@H](CCc2ccccc2)NC(=O)[C@@H](Cc2ccc(-c3ccccc3)cc2)NC(=O)[C@H](Cc2cn(-c3ccccc3)nn2)N1. The summed E-state index contributed by atoms with van der Waals surface area (Å²) in [6, 6.07) is 37.5. The van der Waals surface area contributed by atoms with Crippen LogP contribution in [0.25, 0.3) is 16.8 Å². The summed E-state index contributed by atoms with van der Waals surface area (Å²) in [5.74, 6) is -3.62. The molecular formula is C47H45N7O7. The second-order valence-corrected chi connectivity index (χ2v) is 14.8. The monoisotopic (exact) mass is 819 g/mol. The number of amides is 4. The maximum absolute atomic E-state index is 14.5. The van der Waals surface area contributed by atoms with Gasteiger partial charge in [-0.1, -0.05) is 120 Å². The van der Waals surface area contributed by atoms with Gasteiger partial charge in [-0.2, -0.15) is 0 Å². The van der Waals surface area contributed by atoms with Gasteiger partial charge in [0.15, 0.2) is 6.61 Å². The molecule has 0 spiro atoms. The van der Waals surface area contributed by atoms with Crippen LogP contribution in [0.15, 0.2) is 146 Å². The minimum atomic E-state index is -1.33. The van der Waals surface area contributed by atoms with E-state index in [9.17, 15) is 29.1 Å². The highest BCUT2D eigenvalue weighted by Crippen LogP contribution is 2.21. The molecule has 1 aromatic heterocycles. The fourth-order valence-corrected chi connectivity index (χ4v) is 7.01. The Hall–Kier alpha value is -7.61. The number of hydrogen-bond acceptors (Lipinski definition) is 8. The first kappa shape index (κ1) is 41.5. The van der Waals surface area contributed by atoms with E-state index in [1.54, 1.807) is 35.1 Å². The summed E-state index contributed by atoms with van der Waals surface area (Å²) in [7, 11) is 0. The van der Waals surface area contributed by atoms with Crippen LogP contribution in [0.2, 0.25) is 0 Å². The number of aromatic nitrogens is 3. The first-order valence-corrected chi connectivity index (χ1v) is 20.0. The van der Waals surface area contributed by atoms with Gasteiger partial charge in [0.25, 0.3) is 5.91 Å². The standard InChI is InChI=1S/C47H45N7O7/c55-43-30-61-38-23-18-33(19-24-38)27-42(47(59)60)51-44(56)39(25-20-31-10-4-1-5-11-31)49-45(57)40(26-32-16-21-35(22-17-32)34-12-6-2-7-13-34)50-46(58)41(48-43)28-36-29-54(53-52-36)37-14-8-3-9-15-37/h1-19,21-24,29,39-42H,20,25-28,30H2,(H,48,55)(H,49,57)(H,50,58)(H,51,56)(H,59,60)/t39-,40+,41-,42-/m0/s1. The molecule has 14 heteroatoms. The van der Waals surface area contributed by atoms with Crippen molar-refractivity contribution >= 4 is 29.6 Å². The van der Waals surface area contributed by atoms with E-state index in [4.69, 9.17) is 4.74 Å². The summed E-state index contributed by atoms with van der Waals surface area (Å²) in [4.78, 5) is 68.8. The maximum Gasteiger partial charge on any atom is 0.326 e. The molecule has 4 amide bonds. The number of aliphatic carboxylic acids is 1. The molecule has 2 bridgehead atoms. The lowest BCUT2D eigenvalue weighted by molar-refractivity contribution is -0.142. The highest BCUT2D eigenvalue weighted by Gasteiger charge is 2.32. The van der Waals surface area contributed by atoms with E-state index in [1.807, 2.05) is 115 Å². The van der Waals surface area contributed by atoms with E-state index in [0.717, 1.165) is 22.4 Å². The highest BCUT2D eigenvalue weighted by molar-refractivity contribution is 5.95. The number of carboxylic acid groups (broad SMARTS) is 1. The average Bonchev–Trinajstić information content (AvgIpc) is 3.76. The molecule has 0 aliphatic carbocycles. The third kappa shape index (κ3) is 11.5. The van der Waals surface area contributed by atoms with Crippen LogP contribution < -0.4 is 26.0 Å². The molecular weight excluding hydrogens is 775 g/mol. The Labute approximate surface area is 352 Å². The third-order valence-corrected chi connectivity index (χ3v) is 10.3. The number of para-hydroxylation sites is 1. The number of fused-ring (bicyclic) bond motifs is 16. The molecule has 3 heterocycles. The van der Waals surface area contributed by atoms with Crippen molar-refractivity contribution in [2.45, 2.75) is 56.3 Å². The minimum Gasteiger partial charge on any atom is -0.484 e. The second-order valence-electron chi connectivity index (χ2n) is 14.8. The molecule has 14 nitrogen and oxygen atoms in total. The lowest BCUT2D eigenvalue weighted by atomic mass is 9.99. The van der Waals surface area contributed by atoms with Gasteiger partial charge in [-0.05, 0) is 64.9 Å². The van der Waals surface area contributed by atoms with Gasteiger partial charge in [0.2, 0.25) is 17.7 Å². The van der Waals surface area contributed by atoms with Crippen LogP contribution in [0, 0.1) is 0 Å². The molecule has 0 fully saturated rings. The number of hydrogen-bond donors (Lipinski definition) is 5. The van der Waals surface area contributed by atoms with Crippen LogP contribution in [-0.2, 0) is 49.7 Å². The normalized spacial score (nSPS) is 18.9. The first-order valence-electron chi connectivity index (χ1n) is 20.0. The smallest absolute Gasteiger partial charge is 0.326 e. The molecule has 0 saturated carbocycles. The lowest BCUT2D eigenvalue weighted by Gasteiger charge is -2.26. The zero-order valence-electron chi connectivity index (χ0n) is 33.1. The number of ether oxygens (including phenoxy) is 1. The molecule has 8 rings (SSSR count). The largest absolute Gasteiger partial charge is 0.484 e. The summed E-state index contributed by atoms with van der Waals surface area (Å²) in [6.45, 7) is -0.450. The van der Waals surface area contributed by atoms with E-state index in [2.05, 4.69) is 31.6 Å². The number of carbonyl (C=O) groups is 5. The molecule has 61 heavy (non-hydrogen) atoms. The van der Waals surface area contributed by atoms with Crippen molar-refractivity contribution in [3.05, 3.63) is 168 Å². The number of nitrogens with one attached hydrogen (secondary N) is 4. The number of rotatable bonds is 10. The molecule has 0 radical (unpaired) electrons. The topological polar surface area (TPSA) is 194 Å². The summed E-state index contributed by atoms with van der Waals surface area (Å²) in [5.41, 5.74) is 5.29. The number of nitrogens with zero attached hydrogens (tertiary/aromatic N) is 3. The van der Waals surface area contributed by atoms with Gasteiger partial charge >= 0.3 is 5.97 Å². The van der Waals surface area contributed by atoms with Crippen LogP contribution in [0.4, 0.5) is 0 Å². The van der Waals surface area contributed by atoms with Gasteiger partial charge in [-0.25, -0.2) is 9.48 Å². The fraction of sp³-hybridized carbons (Fsp3) is 0.213. The number of benzene rings is 5. The molecule has 5 N–H and O–H groups in total. The van der Waals surface area contributed by atoms with Crippen molar-refractivity contribution in [2.24, 2.45) is 0 Å². The summed E-state index contributed by atoms with van der Waals surface area (Å²) in [5, 5.41) is 29.7. The quantitative estimate of drug-likeness (QED) is 0.127. The van der Waals surface area contributed by atoms with Crippen molar-refractivity contribution < 1.29 is 33.8 Å². The van der Waals surface area contributed by atoms with Gasteiger partial charge in [-0.3, -0.25) is 19.2 Å². The van der Waals surface area contributed by atoms with Crippen LogP contribution in [0.3, 0.4) is 0 Å². The van der Waals surface area contributed by atoms with Gasteiger partial charge in [0, 0.05) is 19.3 Å². The Morgan fingerprint density at radius 3 is 1.90 bits per heavy atom. The molecule has 2 aliphatic rings. The van der Waals surface area contributed by atoms with Crippen LogP contribution in [0.1, 0.15) is 28.8 Å². The average molecular weight is 820 g/mol. The van der Waals surface area contributed by atoms with Crippen LogP contribution >= 0.6 is 0 Å². The third-order valence-electron chi connectivity index (χ3n) is 10.3. The Balaban J connectivity index is 1.21. The van der Waals surface area contributed by atoms with E-state index < -0.39 is 60.4 Å². The van der Waals surface area contributed by atoms with Gasteiger partial charge in [0.05, 0.1) is 17.6 Å². The maximum atomic E-state index is 14.5. The Bertz CT molecular complexity index is 2430. The van der Waals surface area contributed by atoms with Crippen molar-refractivity contribution in [3.8, 4) is 22.6 Å². The number of carbonyl (C=O) groups excluding carboxylic acids is 4. The van der Waals surface area contributed by atoms with E-state index in [0.29, 0.717) is 29.0 Å². The molecule has 5 aromatic carbocycles. The van der Waals surface area contributed by atoms with Crippen LogP contribution in [-0.4, -0.2) is 80.5 Å². The Kier molecular flexibility index (Phi) is 13.6. The second kappa shape index (κ2) is 19.9. The van der Waals surface area contributed by atoms with Crippen molar-refractivity contribution in [1.29, 1.82) is 0 Å². The summed E-state index contributed by atoms with van der Waals surface area (Å²) < 4.78 is 7.29. The number of aryl methyl sites for hydroxylation is 1. The minimum absolute atomic E-state index is 0.0133. The van der Waals surface area contributed by atoms with Gasteiger partial charge in [-0.15, -0.1) is 5.10 Å². The van der Waals surface area contributed by atoms with E-state index >= 15 is 0 Å². The van der Waals surface area contributed by atoms with Crippen molar-refractivity contribution in [3.63, 3.8) is 0 Å². The zero-order chi connectivity index (χ0) is 42.6. The highest BCUT2D eigenvalue weighted by atomic mass is 16.5. The van der Waals surface area contributed by atoms with Gasteiger partial charge in [0.1, 0.15) is 29.9 Å². The molecule has 0 unspecified atom stereocenters. The van der Waals surface area contributed by atoms with Gasteiger partial charge < -0.3 is 31.1 Å². The fourth-order valence-electron chi connectivity index (χ4n) is 7.01. The van der Waals surface area contributed by atoms with E-state index in [1.165, 1.54) is 0 Å². The molecule has 0 saturated heterocycles. The van der Waals surface area contributed by atoms with E-state index in [-0.39, 0.29) is 25.7 Å². The van der Waals surface area contributed by atoms with Crippen molar-refractivity contribution in [1.82, 2.24) is 36.3 Å². The summed E-state index contributed by atoms with van der Waals surface area (Å²) >= 11 is 0. The lowest BCUT2D eigenvalue weighted by Crippen LogP contribution is -2.59. The molecule has 4 atom stereocenters. The molecule has 2 aliphatic heterocycles. The predicted octanol–water partition coefficient (Wildman–Crippen LogP) is 4.01. The van der Waals surface area contributed by atoms with Crippen molar-refractivity contribution in [2.75, 3.05) is 6.61 Å². The summed E-state index contributed by atoms with van der Waals surface area (Å²) in [6.07, 6.45) is 2.03. The Morgan fingerprint density at radius 2 is 1.23 bits per heavy atom. The molecule has 310 valence electrons. The molecule has 6 aromatic rings. The van der Waals surface area contributed by atoms with Crippen LogP contribution in [0.5, 0.6) is 5.75 Å². The number of carboxylic acids is 1. The Morgan fingerprint density at radius 1 is 0.639 bits per heavy atom. The zero-order valence-corrected chi connectivity index (χ0v) is 33.1. The predicted molar refractivity (Wildman–Crippen MR) is 226 cm³/mol.